The summed E-state index contributed by atoms with van der Waals surface area (Å²) in [5, 5.41) is 0. The van der Waals surface area contributed by atoms with Gasteiger partial charge in [-0.3, -0.25) is 4.79 Å². The van der Waals surface area contributed by atoms with Crippen LogP contribution in [0.1, 0.15) is 41.5 Å². The van der Waals surface area contributed by atoms with Gasteiger partial charge in [0.15, 0.2) is 5.78 Å². The lowest BCUT2D eigenvalue weighted by atomic mass is 10.2. The van der Waals surface area contributed by atoms with Crippen LogP contribution in [-0.2, 0) is 4.79 Å². The molecular weight excluding hydrogens is 162 g/mol. The van der Waals surface area contributed by atoms with Gasteiger partial charge in [-0.25, -0.2) is 0 Å². The van der Waals surface area contributed by atoms with E-state index in [0.29, 0.717) is 12.1 Å². The topological polar surface area (TPSA) is 20.3 Å². The molecule has 0 saturated carbocycles. The van der Waals surface area contributed by atoms with Crippen LogP contribution in [0.4, 0.5) is 0 Å². The molecule has 0 aliphatic heterocycles. The molecule has 0 saturated heterocycles. The van der Waals surface area contributed by atoms with Crippen LogP contribution in [0.2, 0.25) is 0 Å². The Morgan fingerprint density at radius 2 is 1.46 bits per heavy atom. The molecule has 0 aromatic carbocycles. The number of Topliss-reactive ketones (excluding diaryl/α,β-unsaturated/α-hetero) is 1. The molecule has 2 nitrogen and oxygen atoms in total. The third-order valence-corrected chi connectivity index (χ3v) is 2.09. The van der Waals surface area contributed by atoms with Crippen LogP contribution in [0.3, 0.4) is 0 Å². The van der Waals surface area contributed by atoms with Gasteiger partial charge < -0.3 is 4.90 Å². The SMILES string of the molecule is CC(=O)C(C)=CN(C(C)C)C(C)C. The number of ketones is 1. The molecule has 0 spiro atoms. The van der Waals surface area contributed by atoms with E-state index in [-0.39, 0.29) is 5.78 Å². The van der Waals surface area contributed by atoms with Gasteiger partial charge in [0.25, 0.3) is 0 Å². The highest BCUT2D eigenvalue weighted by Gasteiger charge is 2.09. The van der Waals surface area contributed by atoms with Gasteiger partial charge in [0.05, 0.1) is 0 Å². The quantitative estimate of drug-likeness (QED) is 0.624. The number of hydrogen-bond donors (Lipinski definition) is 0. The molecule has 0 radical (unpaired) electrons. The molecule has 0 aromatic rings. The summed E-state index contributed by atoms with van der Waals surface area (Å²) in [4.78, 5) is 13.2. The summed E-state index contributed by atoms with van der Waals surface area (Å²) in [6, 6.07) is 0.878. The average molecular weight is 183 g/mol. The summed E-state index contributed by atoms with van der Waals surface area (Å²) in [7, 11) is 0. The van der Waals surface area contributed by atoms with Gasteiger partial charge in [-0.15, -0.1) is 0 Å². The fraction of sp³-hybridized carbons (Fsp3) is 0.727. The van der Waals surface area contributed by atoms with E-state index in [4.69, 9.17) is 0 Å². The maximum atomic E-state index is 11.0. The largest absolute Gasteiger partial charge is 0.372 e. The predicted molar refractivity (Wildman–Crippen MR) is 56.5 cm³/mol. The lowest BCUT2D eigenvalue weighted by molar-refractivity contribution is -0.113. The first-order valence-corrected chi connectivity index (χ1v) is 4.83. The van der Waals surface area contributed by atoms with E-state index in [2.05, 4.69) is 32.6 Å². The van der Waals surface area contributed by atoms with Crippen molar-refractivity contribution in [3.8, 4) is 0 Å². The lowest BCUT2D eigenvalue weighted by Gasteiger charge is -2.29. The zero-order valence-corrected chi connectivity index (χ0v) is 9.59. The van der Waals surface area contributed by atoms with E-state index in [9.17, 15) is 4.79 Å². The first-order valence-electron chi connectivity index (χ1n) is 4.83. The molecule has 0 aromatic heterocycles. The molecule has 0 aliphatic carbocycles. The Morgan fingerprint density at radius 1 is 1.08 bits per heavy atom. The van der Waals surface area contributed by atoms with Crippen molar-refractivity contribution in [3.05, 3.63) is 11.8 Å². The number of carbonyl (C=O) groups is 1. The lowest BCUT2D eigenvalue weighted by Crippen LogP contribution is -2.32. The first-order chi connectivity index (χ1) is 5.86. The molecule has 0 bridgehead atoms. The Balaban J connectivity index is 4.59. The third kappa shape index (κ3) is 4.11. The zero-order chi connectivity index (χ0) is 10.6. The molecule has 0 unspecified atom stereocenters. The molecule has 76 valence electrons. The van der Waals surface area contributed by atoms with E-state index >= 15 is 0 Å². The molecule has 2 heteroatoms. The van der Waals surface area contributed by atoms with Gasteiger partial charge in [0.1, 0.15) is 0 Å². The number of allylic oxidation sites excluding steroid dienone is 1. The Kier molecular flexibility index (Phi) is 4.74. The number of rotatable bonds is 4. The first kappa shape index (κ1) is 12.2. The second-order valence-electron chi connectivity index (χ2n) is 4.00. The zero-order valence-electron chi connectivity index (χ0n) is 9.59. The molecule has 13 heavy (non-hydrogen) atoms. The van der Waals surface area contributed by atoms with E-state index < -0.39 is 0 Å². The standard InChI is InChI=1S/C11H21NO/c1-8(2)12(9(3)4)7-10(5)11(6)13/h7-9H,1-6H3. The fourth-order valence-corrected chi connectivity index (χ4v) is 1.21. The minimum Gasteiger partial charge on any atom is -0.372 e. The van der Waals surface area contributed by atoms with Crippen LogP contribution >= 0.6 is 0 Å². The van der Waals surface area contributed by atoms with Gasteiger partial charge in [-0.2, -0.15) is 0 Å². The maximum absolute atomic E-state index is 11.0. The highest BCUT2D eigenvalue weighted by atomic mass is 16.1. The number of hydrogen-bond acceptors (Lipinski definition) is 2. The van der Waals surface area contributed by atoms with Crippen molar-refractivity contribution in [2.75, 3.05) is 0 Å². The van der Waals surface area contributed by atoms with Gasteiger partial charge in [0.2, 0.25) is 0 Å². The van der Waals surface area contributed by atoms with Gasteiger partial charge >= 0.3 is 0 Å². The second kappa shape index (κ2) is 5.05. The Hall–Kier alpha value is -0.790. The van der Waals surface area contributed by atoms with E-state index in [1.807, 2.05) is 13.1 Å². The van der Waals surface area contributed by atoms with Crippen LogP contribution in [-0.4, -0.2) is 22.8 Å². The molecule has 0 atom stereocenters. The van der Waals surface area contributed by atoms with Crippen LogP contribution in [0, 0.1) is 0 Å². The summed E-state index contributed by atoms with van der Waals surface area (Å²) < 4.78 is 0. The third-order valence-electron chi connectivity index (χ3n) is 2.09. The van der Waals surface area contributed by atoms with Gasteiger partial charge in [-0.1, -0.05) is 0 Å². The molecule has 0 heterocycles. The van der Waals surface area contributed by atoms with Crippen LogP contribution in [0.25, 0.3) is 0 Å². The molecule has 0 aliphatic rings. The van der Waals surface area contributed by atoms with Gasteiger partial charge in [0, 0.05) is 23.9 Å². The Labute approximate surface area is 81.6 Å². The second-order valence-corrected chi connectivity index (χ2v) is 4.00. The Bertz CT molecular complexity index is 196. The monoisotopic (exact) mass is 183 g/mol. The predicted octanol–water partition coefficient (Wildman–Crippen LogP) is 2.60. The molecular formula is C11H21NO. The summed E-state index contributed by atoms with van der Waals surface area (Å²) in [5.41, 5.74) is 0.822. The Morgan fingerprint density at radius 3 is 1.69 bits per heavy atom. The summed E-state index contributed by atoms with van der Waals surface area (Å²) in [5.74, 6) is 0.145. The van der Waals surface area contributed by atoms with Crippen LogP contribution < -0.4 is 0 Å². The van der Waals surface area contributed by atoms with Crippen molar-refractivity contribution in [2.24, 2.45) is 0 Å². The van der Waals surface area contributed by atoms with Crippen molar-refractivity contribution < 1.29 is 4.79 Å². The molecule has 0 fully saturated rings. The molecule has 0 amide bonds. The van der Waals surface area contributed by atoms with E-state index in [0.717, 1.165) is 5.57 Å². The van der Waals surface area contributed by atoms with Crippen molar-refractivity contribution >= 4 is 5.78 Å². The molecule has 0 rings (SSSR count). The number of carbonyl (C=O) groups excluding carboxylic acids is 1. The van der Waals surface area contributed by atoms with Crippen molar-refractivity contribution in [2.45, 2.75) is 53.6 Å². The average Bonchev–Trinajstić information content (AvgIpc) is 1.97. The van der Waals surface area contributed by atoms with Crippen LogP contribution in [0.5, 0.6) is 0 Å². The van der Waals surface area contributed by atoms with Crippen LogP contribution in [0.15, 0.2) is 11.8 Å². The smallest absolute Gasteiger partial charge is 0.156 e. The summed E-state index contributed by atoms with van der Waals surface area (Å²) in [6.07, 6.45) is 1.96. The van der Waals surface area contributed by atoms with Crippen molar-refractivity contribution in [3.63, 3.8) is 0 Å². The fourth-order valence-electron chi connectivity index (χ4n) is 1.21. The maximum Gasteiger partial charge on any atom is 0.156 e. The van der Waals surface area contributed by atoms with Gasteiger partial charge in [-0.05, 0) is 41.5 Å². The van der Waals surface area contributed by atoms with E-state index in [1.165, 1.54) is 0 Å². The normalized spacial score (nSPS) is 12.5. The minimum absolute atomic E-state index is 0.145. The molecule has 0 N–H and O–H groups in total. The highest BCUT2D eigenvalue weighted by Crippen LogP contribution is 2.08. The van der Waals surface area contributed by atoms with E-state index in [1.54, 1.807) is 6.92 Å². The number of nitrogens with zero attached hydrogens (tertiary/aromatic N) is 1. The highest BCUT2D eigenvalue weighted by molar-refractivity contribution is 5.92. The summed E-state index contributed by atoms with van der Waals surface area (Å²) >= 11 is 0. The van der Waals surface area contributed by atoms with Crippen molar-refractivity contribution in [1.29, 1.82) is 0 Å². The minimum atomic E-state index is 0.145. The van der Waals surface area contributed by atoms with Crippen molar-refractivity contribution in [1.82, 2.24) is 4.90 Å². The summed E-state index contributed by atoms with van der Waals surface area (Å²) in [6.45, 7) is 12.0.